The molecule has 7 aromatic rings. The minimum atomic E-state index is 0.708. The van der Waals surface area contributed by atoms with Gasteiger partial charge in [0.25, 0.3) is 0 Å². The second-order valence-corrected chi connectivity index (χ2v) is 13.7. The average molecular weight is 607 g/mol. The van der Waals surface area contributed by atoms with Crippen molar-refractivity contribution >= 4 is 38.7 Å². The Morgan fingerprint density at radius 2 is 1.45 bits per heavy atom. The van der Waals surface area contributed by atoms with Gasteiger partial charge in [0.05, 0.1) is 11.2 Å². The second kappa shape index (κ2) is 11.5. The van der Waals surface area contributed by atoms with Gasteiger partial charge in [-0.1, -0.05) is 110 Å². The molecule has 47 heavy (non-hydrogen) atoms. The summed E-state index contributed by atoms with van der Waals surface area (Å²) in [5, 5.41) is 3.59. The first kappa shape index (κ1) is 28.0. The Morgan fingerprint density at radius 3 is 2.30 bits per heavy atom. The van der Waals surface area contributed by atoms with Gasteiger partial charge in [-0.05, 0) is 119 Å². The second-order valence-electron chi connectivity index (χ2n) is 13.7. The van der Waals surface area contributed by atoms with Crippen molar-refractivity contribution in [3.8, 4) is 22.3 Å². The van der Waals surface area contributed by atoms with E-state index < -0.39 is 0 Å². The molecule has 0 N–H and O–H groups in total. The largest absolute Gasteiger partial charge is 0.310 e. The van der Waals surface area contributed by atoms with Gasteiger partial charge in [-0.3, -0.25) is 4.98 Å². The van der Waals surface area contributed by atoms with Crippen molar-refractivity contribution in [3.63, 3.8) is 0 Å². The Hall–Kier alpha value is -5.21. The minimum Gasteiger partial charge on any atom is -0.310 e. The number of hydrogen-bond donors (Lipinski definition) is 0. The number of anilines is 3. The number of pyridine rings is 1. The molecule has 1 aromatic heterocycles. The monoisotopic (exact) mass is 606 g/mol. The van der Waals surface area contributed by atoms with Crippen LogP contribution in [0.5, 0.6) is 0 Å². The summed E-state index contributed by atoms with van der Waals surface area (Å²) in [6, 6.07) is 51.3. The third-order valence-corrected chi connectivity index (χ3v) is 10.9. The van der Waals surface area contributed by atoms with Gasteiger partial charge in [0.2, 0.25) is 0 Å². The van der Waals surface area contributed by atoms with Crippen LogP contribution in [-0.2, 0) is 0 Å². The summed E-state index contributed by atoms with van der Waals surface area (Å²) >= 11 is 0. The Kier molecular flexibility index (Phi) is 6.89. The van der Waals surface area contributed by atoms with E-state index in [2.05, 4.69) is 145 Å². The van der Waals surface area contributed by atoms with E-state index in [0.717, 1.165) is 34.1 Å². The molecule has 2 aliphatic rings. The number of rotatable bonds is 6. The van der Waals surface area contributed by atoms with Gasteiger partial charge >= 0.3 is 0 Å². The number of hydrogen-bond acceptors (Lipinski definition) is 2. The quantitative estimate of drug-likeness (QED) is 0.187. The minimum absolute atomic E-state index is 0.708. The summed E-state index contributed by atoms with van der Waals surface area (Å²) in [4.78, 5) is 7.12. The van der Waals surface area contributed by atoms with Crippen molar-refractivity contribution in [2.45, 2.75) is 38.5 Å². The Bertz CT molecular complexity index is 2250. The van der Waals surface area contributed by atoms with Gasteiger partial charge in [0, 0.05) is 28.3 Å². The normalized spacial score (nSPS) is 18.6. The number of aryl methyl sites for hydroxylation is 1. The van der Waals surface area contributed by atoms with Crippen LogP contribution >= 0.6 is 0 Å². The average Bonchev–Trinajstić information content (AvgIpc) is 3.77. The highest BCUT2D eigenvalue weighted by Gasteiger charge is 2.40. The van der Waals surface area contributed by atoms with Gasteiger partial charge in [0.1, 0.15) is 0 Å². The van der Waals surface area contributed by atoms with Crippen LogP contribution in [0.15, 0.2) is 146 Å². The molecule has 6 aromatic carbocycles. The number of fused-ring (bicyclic) bond motifs is 4. The topological polar surface area (TPSA) is 16.1 Å². The zero-order valence-electron chi connectivity index (χ0n) is 26.8. The third kappa shape index (κ3) is 5.00. The molecule has 2 aliphatic carbocycles. The number of benzene rings is 6. The zero-order valence-corrected chi connectivity index (χ0v) is 26.8. The lowest BCUT2D eigenvalue weighted by Gasteiger charge is -2.29. The maximum absolute atomic E-state index is 4.71. The van der Waals surface area contributed by atoms with Crippen molar-refractivity contribution in [1.29, 1.82) is 0 Å². The molecule has 2 bridgehead atoms. The van der Waals surface area contributed by atoms with E-state index in [9.17, 15) is 0 Å². The summed E-state index contributed by atoms with van der Waals surface area (Å²) in [6.07, 6.45) is 7.50. The molecule has 1 heterocycles. The van der Waals surface area contributed by atoms with Gasteiger partial charge in [-0.2, -0.15) is 0 Å². The molecule has 228 valence electrons. The predicted octanol–water partition coefficient (Wildman–Crippen LogP) is 12.4. The molecule has 3 unspecified atom stereocenters. The first-order valence-corrected chi connectivity index (χ1v) is 17.1. The lowest BCUT2D eigenvalue weighted by Crippen LogP contribution is -2.12. The molecular weight excluding hydrogens is 569 g/mol. The summed E-state index contributed by atoms with van der Waals surface area (Å²) in [5.74, 6) is 2.50. The highest BCUT2D eigenvalue weighted by atomic mass is 15.1. The molecule has 2 heteroatoms. The number of nitrogens with zero attached hydrogens (tertiary/aromatic N) is 2. The molecular formula is C45H38N2. The van der Waals surface area contributed by atoms with Crippen LogP contribution < -0.4 is 4.90 Å². The van der Waals surface area contributed by atoms with Crippen molar-refractivity contribution in [3.05, 3.63) is 157 Å². The molecule has 2 saturated carbocycles. The SMILES string of the molecule is Cc1cc(-c2ccc(C3CC4CCC3C4)cc2-c2ccccc2)ccc1N(c1ccc2cccnc2c1)c1cccc2ccccc12. The van der Waals surface area contributed by atoms with Crippen LogP contribution in [0.25, 0.3) is 43.9 Å². The van der Waals surface area contributed by atoms with E-state index in [-0.39, 0.29) is 0 Å². The van der Waals surface area contributed by atoms with E-state index in [1.807, 2.05) is 12.3 Å². The Balaban J connectivity index is 1.18. The van der Waals surface area contributed by atoms with Crippen LogP contribution in [0.2, 0.25) is 0 Å². The molecule has 0 aliphatic heterocycles. The molecule has 9 rings (SSSR count). The Labute approximate surface area is 277 Å². The first-order valence-electron chi connectivity index (χ1n) is 17.1. The molecule has 0 saturated heterocycles. The smallest absolute Gasteiger partial charge is 0.0722 e. The fraction of sp³-hybridized carbons (Fsp3) is 0.178. The third-order valence-electron chi connectivity index (χ3n) is 10.9. The highest BCUT2D eigenvalue weighted by molar-refractivity contribution is 6.00. The maximum Gasteiger partial charge on any atom is 0.0722 e. The van der Waals surface area contributed by atoms with Crippen molar-refractivity contribution in [2.24, 2.45) is 11.8 Å². The van der Waals surface area contributed by atoms with Crippen LogP contribution in [-0.4, -0.2) is 4.98 Å². The molecule has 0 amide bonds. The summed E-state index contributed by atoms with van der Waals surface area (Å²) < 4.78 is 0. The van der Waals surface area contributed by atoms with Gasteiger partial charge in [0.15, 0.2) is 0 Å². The fourth-order valence-electron chi connectivity index (χ4n) is 8.63. The van der Waals surface area contributed by atoms with Gasteiger partial charge in [-0.15, -0.1) is 0 Å². The van der Waals surface area contributed by atoms with E-state index in [1.165, 1.54) is 75.5 Å². The summed E-state index contributed by atoms with van der Waals surface area (Å²) in [7, 11) is 0. The van der Waals surface area contributed by atoms with Crippen LogP contribution in [0, 0.1) is 18.8 Å². The summed E-state index contributed by atoms with van der Waals surface area (Å²) in [6.45, 7) is 2.25. The molecule has 2 fully saturated rings. The summed E-state index contributed by atoms with van der Waals surface area (Å²) in [5.41, 5.74) is 12.4. The molecule has 0 radical (unpaired) electrons. The van der Waals surface area contributed by atoms with Gasteiger partial charge in [-0.25, -0.2) is 0 Å². The fourth-order valence-corrected chi connectivity index (χ4v) is 8.63. The van der Waals surface area contributed by atoms with E-state index in [1.54, 1.807) is 0 Å². The standard InChI is InChI=1S/C45H38N2/c1-30-25-35(39-22-19-37(41-27-31-16-17-36(41)26-31)28-42(39)33-9-3-2-4-10-33)20-23-44(30)47(38-21-18-34-13-8-24-46-43(34)29-38)45-15-7-12-32-11-5-6-14-40(32)45/h2-15,18-25,28-29,31,36,41H,16-17,26-27H2,1H3. The van der Waals surface area contributed by atoms with Crippen molar-refractivity contribution < 1.29 is 0 Å². The van der Waals surface area contributed by atoms with Gasteiger partial charge < -0.3 is 4.90 Å². The molecule has 2 nitrogen and oxygen atoms in total. The molecule has 3 atom stereocenters. The lowest BCUT2D eigenvalue weighted by molar-refractivity contribution is 0.420. The van der Waals surface area contributed by atoms with Crippen LogP contribution in [0.3, 0.4) is 0 Å². The lowest BCUT2D eigenvalue weighted by atomic mass is 9.81. The van der Waals surface area contributed by atoms with E-state index in [4.69, 9.17) is 4.98 Å². The maximum atomic E-state index is 4.71. The highest BCUT2D eigenvalue weighted by Crippen LogP contribution is 2.53. The van der Waals surface area contributed by atoms with Crippen LogP contribution in [0.4, 0.5) is 17.1 Å². The predicted molar refractivity (Wildman–Crippen MR) is 198 cm³/mol. The number of aromatic nitrogens is 1. The van der Waals surface area contributed by atoms with Crippen LogP contribution in [0.1, 0.15) is 42.7 Å². The van der Waals surface area contributed by atoms with E-state index >= 15 is 0 Å². The first-order chi connectivity index (χ1) is 23.2. The van der Waals surface area contributed by atoms with Crippen molar-refractivity contribution in [1.82, 2.24) is 4.98 Å². The van der Waals surface area contributed by atoms with Crippen molar-refractivity contribution in [2.75, 3.05) is 4.90 Å². The zero-order chi connectivity index (χ0) is 31.3. The Morgan fingerprint density at radius 1 is 0.596 bits per heavy atom. The van der Waals surface area contributed by atoms with E-state index in [0.29, 0.717) is 5.92 Å². The molecule has 0 spiro atoms.